The minimum absolute atomic E-state index is 0.181. The third kappa shape index (κ3) is 3.75. The molecule has 0 amide bonds. The zero-order valence-corrected chi connectivity index (χ0v) is 12.6. The first kappa shape index (κ1) is 14.4. The fraction of sp³-hybridized carbons (Fsp3) is 0.385. The van der Waals surface area contributed by atoms with Crippen molar-refractivity contribution in [3.05, 3.63) is 30.2 Å². The van der Waals surface area contributed by atoms with Gasteiger partial charge in [0.2, 0.25) is 11.7 Å². The van der Waals surface area contributed by atoms with Gasteiger partial charge in [-0.25, -0.2) is 0 Å². The molecule has 4 nitrogen and oxygen atoms in total. The Labute approximate surface area is 121 Å². The second-order valence-electron chi connectivity index (χ2n) is 4.07. The summed E-state index contributed by atoms with van der Waals surface area (Å²) in [7, 11) is 0. The lowest BCUT2D eigenvalue weighted by molar-refractivity contribution is 0.353. The number of nitrogens with zero attached hydrogens (tertiary/aromatic N) is 2. The molecule has 19 heavy (non-hydrogen) atoms. The first-order valence-corrected chi connectivity index (χ1v) is 8.59. The molecule has 0 saturated heterocycles. The maximum atomic E-state index is 6.01. The average molecular weight is 295 g/mol. The van der Waals surface area contributed by atoms with Gasteiger partial charge in [-0.15, -0.1) is 11.8 Å². The molecule has 0 unspecified atom stereocenters. The predicted octanol–water partition coefficient (Wildman–Crippen LogP) is 3.21. The maximum Gasteiger partial charge on any atom is 0.243 e. The molecule has 0 radical (unpaired) electrons. The fourth-order valence-electron chi connectivity index (χ4n) is 1.61. The number of hydrogen-bond acceptors (Lipinski definition) is 6. The quantitative estimate of drug-likeness (QED) is 0.826. The molecular formula is C13H17N3OS2. The molecule has 0 spiro atoms. The summed E-state index contributed by atoms with van der Waals surface area (Å²) in [4.78, 5) is 5.58. The highest BCUT2D eigenvalue weighted by Gasteiger charge is 2.15. The van der Waals surface area contributed by atoms with E-state index in [4.69, 9.17) is 10.3 Å². The zero-order valence-electron chi connectivity index (χ0n) is 11.0. The van der Waals surface area contributed by atoms with Crippen LogP contribution in [0.15, 0.2) is 33.7 Å². The molecule has 0 aliphatic carbocycles. The van der Waals surface area contributed by atoms with Gasteiger partial charge in [0.15, 0.2) is 0 Å². The van der Waals surface area contributed by atoms with Gasteiger partial charge in [0.1, 0.15) is 0 Å². The molecule has 102 valence electrons. The Morgan fingerprint density at radius 1 is 1.26 bits per heavy atom. The molecule has 1 heterocycles. The van der Waals surface area contributed by atoms with E-state index in [2.05, 4.69) is 16.4 Å². The Hall–Kier alpha value is -0.980. The van der Waals surface area contributed by atoms with Crippen LogP contribution in [0.5, 0.6) is 0 Å². The van der Waals surface area contributed by atoms with E-state index < -0.39 is 0 Å². The fourth-order valence-corrected chi connectivity index (χ4v) is 2.51. The molecule has 1 atom stereocenters. The molecule has 2 N–H and O–H groups in total. The van der Waals surface area contributed by atoms with E-state index in [9.17, 15) is 0 Å². The van der Waals surface area contributed by atoms with Crippen molar-refractivity contribution in [3.8, 4) is 11.4 Å². The molecular weight excluding hydrogens is 278 g/mol. The Balaban J connectivity index is 2.11. The molecule has 6 heteroatoms. The topological polar surface area (TPSA) is 64.9 Å². The van der Waals surface area contributed by atoms with Crippen LogP contribution in [0.2, 0.25) is 0 Å². The van der Waals surface area contributed by atoms with Gasteiger partial charge in [-0.2, -0.15) is 16.7 Å². The van der Waals surface area contributed by atoms with Crippen molar-refractivity contribution in [3.63, 3.8) is 0 Å². The molecule has 0 aliphatic rings. The second kappa shape index (κ2) is 6.98. The molecule has 2 rings (SSSR count). The standard InChI is InChI=1S/C13H17N3OS2/c1-18-8-7-11(14)13-15-12(16-17-13)9-3-5-10(19-2)6-4-9/h3-6,11H,7-8,14H2,1-2H3/t11-/m1/s1. The summed E-state index contributed by atoms with van der Waals surface area (Å²) in [6.45, 7) is 0. The Morgan fingerprint density at radius 2 is 2.00 bits per heavy atom. The van der Waals surface area contributed by atoms with Crippen LogP contribution in [-0.4, -0.2) is 28.4 Å². The molecule has 0 bridgehead atoms. The van der Waals surface area contributed by atoms with Crippen LogP contribution in [0.1, 0.15) is 18.4 Å². The number of benzene rings is 1. The summed E-state index contributed by atoms with van der Waals surface area (Å²) >= 11 is 3.47. The molecule has 0 fully saturated rings. The summed E-state index contributed by atoms with van der Waals surface area (Å²) in [6.07, 6.45) is 4.94. The van der Waals surface area contributed by atoms with E-state index in [0.717, 1.165) is 17.7 Å². The van der Waals surface area contributed by atoms with Crippen LogP contribution in [0.25, 0.3) is 11.4 Å². The van der Waals surface area contributed by atoms with Crippen LogP contribution in [0.4, 0.5) is 0 Å². The van der Waals surface area contributed by atoms with Crippen molar-refractivity contribution in [2.24, 2.45) is 5.73 Å². The van der Waals surface area contributed by atoms with Crippen LogP contribution in [-0.2, 0) is 0 Å². The number of aromatic nitrogens is 2. The number of thioether (sulfide) groups is 2. The summed E-state index contributed by atoms with van der Waals surface area (Å²) < 4.78 is 5.23. The lowest BCUT2D eigenvalue weighted by atomic mass is 10.2. The minimum atomic E-state index is -0.181. The Kier molecular flexibility index (Phi) is 5.30. The van der Waals surface area contributed by atoms with Crippen molar-refractivity contribution >= 4 is 23.5 Å². The summed E-state index contributed by atoms with van der Waals surface area (Å²) in [5.41, 5.74) is 6.95. The van der Waals surface area contributed by atoms with Gasteiger partial charge in [-0.05, 0) is 49.0 Å². The Morgan fingerprint density at radius 3 is 2.63 bits per heavy atom. The van der Waals surface area contributed by atoms with Crippen LogP contribution >= 0.6 is 23.5 Å². The molecule has 1 aromatic carbocycles. The van der Waals surface area contributed by atoms with E-state index in [1.54, 1.807) is 23.5 Å². The third-order valence-corrected chi connectivity index (χ3v) is 4.13. The van der Waals surface area contributed by atoms with Gasteiger partial charge in [0, 0.05) is 10.5 Å². The zero-order chi connectivity index (χ0) is 13.7. The van der Waals surface area contributed by atoms with Crippen LogP contribution in [0, 0.1) is 0 Å². The van der Waals surface area contributed by atoms with Crippen molar-refractivity contribution in [1.29, 1.82) is 0 Å². The highest BCUT2D eigenvalue weighted by molar-refractivity contribution is 7.98. The maximum absolute atomic E-state index is 6.01. The molecule has 1 aromatic heterocycles. The largest absolute Gasteiger partial charge is 0.337 e. The lowest BCUT2D eigenvalue weighted by Crippen LogP contribution is -2.11. The van der Waals surface area contributed by atoms with Crippen molar-refractivity contribution in [2.75, 3.05) is 18.3 Å². The summed E-state index contributed by atoms with van der Waals surface area (Å²) in [6, 6.07) is 7.90. The first-order valence-electron chi connectivity index (χ1n) is 5.97. The van der Waals surface area contributed by atoms with Crippen molar-refractivity contribution < 1.29 is 4.52 Å². The van der Waals surface area contributed by atoms with E-state index >= 15 is 0 Å². The van der Waals surface area contributed by atoms with E-state index in [1.807, 2.05) is 30.5 Å². The third-order valence-electron chi connectivity index (χ3n) is 2.74. The van der Waals surface area contributed by atoms with E-state index in [-0.39, 0.29) is 6.04 Å². The van der Waals surface area contributed by atoms with E-state index in [1.165, 1.54) is 4.90 Å². The normalized spacial score (nSPS) is 12.6. The van der Waals surface area contributed by atoms with Crippen molar-refractivity contribution in [1.82, 2.24) is 10.1 Å². The second-order valence-corrected chi connectivity index (χ2v) is 5.94. The van der Waals surface area contributed by atoms with Gasteiger partial charge in [0.05, 0.1) is 6.04 Å². The predicted molar refractivity (Wildman–Crippen MR) is 81.4 cm³/mol. The molecule has 0 aliphatic heterocycles. The van der Waals surface area contributed by atoms with Crippen molar-refractivity contribution in [2.45, 2.75) is 17.4 Å². The highest BCUT2D eigenvalue weighted by atomic mass is 32.2. The SMILES string of the molecule is CSCC[C@@H](N)c1nc(-c2ccc(SC)cc2)no1. The average Bonchev–Trinajstić information content (AvgIpc) is 2.94. The lowest BCUT2D eigenvalue weighted by Gasteiger charge is -2.03. The minimum Gasteiger partial charge on any atom is -0.337 e. The Bertz CT molecular complexity index is 513. The van der Waals surface area contributed by atoms with Crippen LogP contribution in [0.3, 0.4) is 0 Å². The van der Waals surface area contributed by atoms with E-state index in [0.29, 0.717) is 11.7 Å². The summed E-state index contributed by atoms with van der Waals surface area (Å²) in [5, 5.41) is 3.99. The van der Waals surface area contributed by atoms with Gasteiger partial charge in [0.25, 0.3) is 0 Å². The van der Waals surface area contributed by atoms with Gasteiger partial charge >= 0.3 is 0 Å². The van der Waals surface area contributed by atoms with Crippen LogP contribution < -0.4 is 5.73 Å². The highest BCUT2D eigenvalue weighted by Crippen LogP contribution is 2.22. The smallest absolute Gasteiger partial charge is 0.243 e. The first-order chi connectivity index (χ1) is 9.24. The summed E-state index contributed by atoms with van der Waals surface area (Å²) in [5.74, 6) is 2.10. The number of nitrogens with two attached hydrogens (primary N) is 1. The van der Waals surface area contributed by atoms with Gasteiger partial charge in [-0.1, -0.05) is 5.16 Å². The molecule has 2 aromatic rings. The monoisotopic (exact) mass is 295 g/mol. The number of hydrogen-bond donors (Lipinski definition) is 1. The number of rotatable bonds is 6. The molecule has 0 saturated carbocycles. The van der Waals surface area contributed by atoms with Gasteiger partial charge < -0.3 is 10.3 Å². The van der Waals surface area contributed by atoms with Gasteiger partial charge in [-0.3, -0.25) is 0 Å².